The third kappa shape index (κ3) is 4.18. The van der Waals surface area contributed by atoms with Crippen LogP contribution in [0.1, 0.15) is 16.1 Å². The molecule has 0 radical (unpaired) electrons. The fourth-order valence-corrected chi connectivity index (χ4v) is 3.04. The Morgan fingerprint density at radius 3 is 2.64 bits per heavy atom. The molecule has 8 heteroatoms. The molecule has 1 fully saturated rings. The van der Waals surface area contributed by atoms with Crippen molar-refractivity contribution in [3.8, 4) is 5.75 Å². The highest BCUT2D eigenvalue weighted by Gasteiger charge is 2.23. The minimum Gasteiger partial charge on any atom is -0.496 e. The van der Waals surface area contributed by atoms with E-state index in [2.05, 4.69) is 15.1 Å². The molecule has 0 aliphatic carbocycles. The molecule has 0 saturated carbocycles. The first-order valence-electron chi connectivity index (χ1n) is 7.96. The van der Waals surface area contributed by atoms with Crippen molar-refractivity contribution in [2.24, 2.45) is 0 Å². The summed E-state index contributed by atoms with van der Waals surface area (Å²) >= 11 is 6.08. The van der Waals surface area contributed by atoms with Crippen molar-refractivity contribution >= 4 is 17.5 Å². The maximum Gasteiger partial charge on any atom is 0.274 e. The molecule has 3 rings (SSSR count). The number of H-pyrrole nitrogens is 1. The highest BCUT2D eigenvalue weighted by atomic mass is 35.5. The minimum atomic E-state index is -0.322. The maximum absolute atomic E-state index is 12.4. The van der Waals surface area contributed by atoms with Crippen molar-refractivity contribution in [1.82, 2.24) is 20.0 Å². The number of ether oxygens (including phenoxy) is 1. The van der Waals surface area contributed by atoms with Gasteiger partial charge >= 0.3 is 0 Å². The second kappa shape index (κ2) is 7.67. The molecule has 132 valence electrons. The number of rotatable bonds is 4. The topological polar surface area (TPSA) is 78.5 Å². The van der Waals surface area contributed by atoms with E-state index in [0.29, 0.717) is 24.7 Å². The molecule has 1 N–H and O–H groups in total. The average molecular weight is 363 g/mol. The van der Waals surface area contributed by atoms with Crippen LogP contribution in [0.25, 0.3) is 0 Å². The lowest BCUT2D eigenvalue weighted by molar-refractivity contribution is 0.0620. The van der Waals surface area contributed by atoms with Gasteiger partial charge in [0.05, 0.1) is 7.11 Å². The molecule has 0 atom stereocenters. The summed E-state index contributed by atoms with van der Waals surface area (Å²) in [6.07, 6.45) is 0. The van der Waals surface area contributed by atoms with Gasteiger partial charge in [0.1, 0.15) is 11.4 Å². The summed E-state index contributed by atoms with van der Waals surface area (Å²) in [7, 11) is 1.64. The Labute approximate surface area is 150 Å². The number of hydrogen-bond acceptors (Lipinski definition) is 5. The number of carbonyl (C=O) groups is 1. The molecule has 2 heterocycles. The Kier molecular flexibility index (Phi) is 5.35. The summed E-state index contributed by atoms with van der Waals surface area (Å²) < 4.78 is 5.38. The molecule has 1 amide bonds. The highest BCUT2D eigenvalue weighted by Crippen LogP contribution is 2.24. The Balaban J connectivity index is 1.60. The molecule has 1 saturated heterocycles. The molecular formula is C17H19ClN4O3. The molecule has 1 aliphatic heterocycles. The van der Waals surface area contributed by atoms with Crippen molar-refractivity contribution in [2.45, 2.75) is 6.54 Å². The van der Waals surface area contributed by atoms with E-state index in [-0.39, 0.29) is 17.2 Å². The van der Waals surface area contributed by atoms with Crippen molar-refractivity contribution in [3.05, 3.63) is 57.0 Å². The van der Waals surface area contributed by atoms with Crippen molar-refractivity contribution < 1.29 is 9.53 Å². The zero-order valence-electron chi connectivity index (χ0n) is 13.9. The van der Waals surface area contributed by atoms with E-state index in [1.807, 2.05) is 12.1 Å². The highest BCUT2D eigenvalue weighted by molar-refractivity contribution is 6.30. The Bertz CT molecular complexity index is 795. The Morgan fingerprint density at radius 2 is 2.00 bits per heavy atom. The van der Waals surface area contributed by atoms with Crippen LogP contribution in [-0.2, 0) is 6.54 Å². The number of benzene rings is 1. The number of hydrogen-bond donors (Lipinski definition) is 1. The number of aromatic nitrogens is 2. The summed E-state index contributed by atoms with van der Waals surface area (Å²) in [6, 6.07) is 8.32. The van der Waals surface area contributed by atoms with Crippen LogP contribution in [0.4, 0.5) is 0 Å². The lowest BCUT2D eigenvalue weighted by Gasteiger charge is -2.34. The van der Waals surface area contributed by atoms with Crippen LogP contribution in [0.2, 0.25) is 5.02 Å². The fraction of sp³-hybridized carbons (Fsp3) is 0.353. The predicted molar refractivity (Wildman–Crippen MR) is 94.0 cm³/mol. The third-order valence-electron chi connectivity index (χ3n) is 4.19. The number of nitrogens with zero attached hydrogens (tertiary/aromatic N) is 3. The van der Waals surface area contributed by atoms with Gasteiger partial charge < -0.3 is 9.64 Å². The van der Waals surface area contributed by atoms with Gasteiger partial charge in [-0.15, -0.1) is 0 Å². The third-order valence-corrected chi connectivity index (χ3v) is 4.43. The van der Waals surface area contributed by atoms with Crippen LogP contribution in [-0.4, -0.2) is 59.2 Å². The Morgan fingerprint density at radius 1 is 1.24 bits per heavy atom. The van der Waals surface area contributed by atoms with Gasteiger partial charge in [0, 0.05) is 49.4 Å². The molecule has 2 aromatic rings. The van der Waals surface area contributed by atoms with Crippen molar-refractivity contribution in [3.63, 3.8) is 0 Å². The van der Waals surface area contributed by atoms with Crippen LogP contribution in [0.15, 0.2) is 35.1 Å². The molecule has 7 nitrogen and oxygen atoms in total. The van der Waals surface area contributed by atoms with E-state index in [1.165, 1.54) is 12.1 Å². The van der Waals surface area contributed by atoms with E-state index < -0.39 is 0 Å². The van der Waals surface area contributed by atoms with Gasteiger partial charge in [0.25, 0.3) is 11.5 Å². The van der Waals surface area contributed by atoms with Crippen molar-refractivity contribution in [1.29, 1.82) is 0 Å². The van der Waals surface area contributed by atoms with E-state index in [1.54, 1.807) is 18.1 Å². The molecule has 1 aliphatic rings. The van der Waals surface area contributed by atoms with E-state index >= 15 is 0 Å². The number of carbonyl (C=O) groups excluding carboxylic acids is 1. The first-order chi connectivity index (χ1) is 12.1. The van der Waals surface area contributed by atoms with Crippen LogP contribution in [0, 0.1) is 0 Å². The first-order valence-corrected chi connectivity index (χ1v) is 8.34. The van der Waals surface area contributed by atoms with Gasteiger partial charge in [-0.2, -0.15) is 5.10 Å². The van der Waals surface area contributed by atoms with Crippen LogP contribution in [0.5, 0.6) is 5.75 Å². The second-order valence-electron chi connectivity index (χ2n) is 5.83. The number of piperazine rings is 1. The number of halogens is 1. The molecular weight excluding hydrogens is 344 g/mol. The lowest BCUT2D eigenvalue weighted by atomic mass is 10.1. The summed E-state index contributed by atoms with van der Waals surface area (Å²) in [5, 5.41) is 6.76. The van der Waals surface area contributed by atoms with Crippen molar-refractivity contribution in [2.75, 3.05) is 33.3 Å². The van der Waals surface area contributed by atoms with Gasteiger partial charge in [-0.3, -0.25) is 14.5 Å². The summed E-state index contributed by atoms with van der Waals surface area (Å²) in [4.78, 5) is 27.4. The van der Waals surface area contributed by atoms with Crippen LogP contribution in [0.3, 0.4) is 0 Å². The van der Waals surface area contributed by atoms with E-state index in [4.69, 9.17) is 16.3 Å². The van der Waals surface area contributed by atoms with Gasteiger partial charge in [0.15, 0.2) is 0 Å². The van der Waals surface area contributed by atoms with Gasteiger partial charge in [-0.25, -0.2) is 5.10 Å². The molecule has 25 heavy (non-hydrogen) atoms. The second-order valence-corrected chi connectivity index (χ2v) is 6.27. The van der Waals surface area contributed by atoms with Gasteiger partial charge in [-0.05, 0) is 24.3 Å². The quantitative estimate of drug-likeness (QED) is 0.889. The number of amides is 1. The van der Waals surface area contributed by atoms with Crippen LogP contribution < -0.4 is 10.3 Å². The first kappa shape index (κ1) is 17.4. The lowest BCUT2D eigenvalue weighted by Crippen LogP contribution is -2.48. The van der Waals surface area contributed by atoms with Gasteiger partial charge in [-0.1, -0.05) is 11.6 Å². The number of nitrogens with one attached hydrogen (secondary N) is 1. The monoisotopic (exact) mass is 362 g/mol. The largest absolute Gasteiger partial charge is 0.496 e. The molecule has 1 aromatic heterocycles. The molecule has 0 bridgehead atoms. The standard InChI is InChI=1S/C17H19ClN4O3/c1-25-15-4-2-13(18)10-12(15)11-21-6-8-22(9-7-21)17(24)14-3-5-16(23)20-19-14/h2-5,10H,6-9,11H2,1H3,(H,20,23). The zero-order valence-corrected chi connectivity index (χ0v) is 14.6. The maximum atomic E-state index is 12.4. The summed E-state index contributed by atoms with van der Waals surface area (Å²) in [5.74, 6) is 0.636. The van der Waals surface area contributed by atoms with Crippen LogP contribution >= 0.6 is 11.6 Å². The fourth-order valence-electron chi connectivity index (χ4n) is 2.85. The minimum absolute atomic E-state index is 0.170. The zero-order chi connectivity index (χ0) is 17.8. The molecule has 0 spiro atoms. The van der Waals surface area contributed by atoms with Gasteiger partial charge in [0.2, 0.25) is 0 Å². The number of aromatic amines is 1. The predicted octanol–water partition coefficient (Wildman–Crippen LogP) is 1.39. The number of methoxy groups -OCH3 is 1. The summed E-state index contributed by atoms with van der Waals surface area (Å²) in [5.41, 5.74) is 0.957. The smallest absolute Gasteiger partial charge is 0.274 e. The average Bonchev–Trinajstić information content (AvgIpc) is 2.63. The molecule has 0 unspecified atom stereocenters. The summed E-state index contributed by atoms with van der Waals surface area (Å²) in [6.45, 7) is 3.39. The normalized spacial score (nSPS) is 15.2. The van der Waals surface area contributed by atoms with E-state index in [0.717, 1.165) is 24.4 Å². The SMILES string of the molecule is COc1ccc(Cl)cc1CN1CCN(C(=O)c2ccc(=O)[nH]n2)CC1. The Hall–Kier alpha value is -2.38. The van der Waals surface area contributed by atoms with E-state index in [9.17, 15) is 9.59 Å². The molecule has 1 aromatic carbocycles.